The van der Waals surface area contributed by atoms with Gasteiger partial charge in [-0.3, -0.25) is 14.8 Å². The normalized spacial score (nSPS) is 23.8. The van der Waals surface area contributed by atoms with E-state index in [-0.39, 0.29) is 0 Å². The van der Waals surface area contributed by atoms with Gasteiger partial charge in [0.25, 0.3) is 0 Å². The van der Waals surface area contributed by atoms with E-state index in [0.717, 1.165) is 58.4 Å². The summed E-state index contributed by atoms with van der Waals surface area (Å²) in [6.45, 7) is 13.3. The second-order valence-corrected chi connectivity index (χ2v) is 9.82. The lowest BCUT2D eigenvalue weighted by Gasteiger charge is -2.33. The van der Waals surface area contributed by atoms with Gasteiger partial charge in [0.05, 0.1) is 25.4 Å². The lowest BCUT2D eigenvalue weighted by atomic mass is 9.98. The van der Waals surface area contributed by atoms with Gasteiger partial charge in [0.2, 0.25) is 0 Å². The fourth-order valence-electron chi connectivity index (χ4n) is 4.21. The molecular formula is C22H39N5O2S. The molecule has 2 aliphatic heterocycles. The van der Waals surface area contributed by atoms with Crippen molar-refractivity contribution in [3.05, 3.63) is 22.4 Å². The Balaban J connectivity index is 1.45. The average molecular weight is 438 g/mol. The van der Waals surface area contributed by atoms with Crippen molar-refractivity contribution in [2.75, 3.05) is 65.6 Å². The van der Waals surface area contributed by atoms with Crippen molar-refractivity contribution in [3.63, 3.8) is 0 Å². The molecule has 0 bridgehead atoms. The summed E-state index contributed by atoms with van der Waals surface area (Å²) in [6, 6.07) is 4.36. The Morgan fingerprint density at radius 3 is 2.87 bits per heavy atom. The summed E-state index contributed by atoms with van der Waals surface area (Å²) < 4.78 is 5.40. The second-order valence-electron chi connectivity index (χ2n) is 8.78. The first-order chi connectivity index (χ1) is 14.5. The van der Waals surface area contributed by atoms with Gasteiger partial charge in [0.15, 0.2) is 5.96 Å². The number of rotatable bonds is 9. The molecule has 8 heteroatoms. The van der Waals surface area contributed by atoms with E-state index in [1.807, 2.05) is 18.3 Å². The predicted octanol–water partition coefficient (Wildman–Crippen LogP) is 1.60. The molecule has 2 fully saturated rings. The number of guanidine groups is 1. The highest BCUT2D eigenvalue weighted by Gasteiger charge is 2.25. The number of piperidine rings is 1. The van der Waals surface area contributed by atoms with Gasteiger partial charge in [-0.1, -0.05) is 6.07 Å². The van der Waals surface area contributed by atoms with Gasteiger partial charge < -0.3 is 20.5 Å². The Labute approximate surface area is 185 Å². The molecule has 0 aliphatic carbocycles. The van der Waals surface area contributed by atoms with Gasteiger partial charge in [-0.2, -0.15) is 0 Å². The number of nitrogens with one attached hydrogen (secondary N) is 2. The quantitative estimate of drug-likeness (QED) is 0.403. The lowest BCUT2D eigenvalue weighted by Crippen LogP contribution is -2.48. The summed E-state index contributed by atoms with van der Waals surface area (Å²) in [4.78, 5) is 11.0. The van der Waals surface area contributed by atoms with Crippen molar-refractivity contribution < 1.29 is 9.84 Å². The maximum absolute atomic E-state index is 10.8. The first-order valence-electron chi connectivity index (χ1n) is 11.3. The number of nitrogens with zero attached hydrogens (tertiary/aromatic N) is 3. The molecule has 2 unspecified atom stereocenters. The van der Waals surface area contributed by atoms with Gasteiger partial charge in [-0.15, -0.1) is 11.3 Å². The molecule has 1 aromatic rings. The van der Waals surface area contributed by atoms with Crippen molar-refractivity contribution in [3.8, 4) is 0 Å². The monoisotopic (exact) mass is 437 g/mol. The maximum atomic E-state index is 10.8. The third-order valence-corrected chi connectivity index (χ3v) is 6.57. The number of aliphatic hydroxyl groups is 1. The van der Waals surface area contributed by atoms with Crippen LogP contribution in [0.4, 0.5) is 0 Å². The van der Waals surface area contributed by atoms with Gasteiger partial charge in [0, 0.05) is 50.7 Å². The predicted molar refractivity (Wildman–Crippen MR) is 124 cm³/mol. The van der Waals surface area contributed by atoms with Gasteiger partial charge in [-0.05, 0) is 50.6 Å². The van der Waals surface area contributed by atoms with Crippen LogP contribution >= 0.6 is 11.3 Å². The summed E-state index contributed by atoms with van der Waals surface area (Å²) in [6.07, 6.45) is 2.50. The van der Waals surface area contributed by atoms with Gasteiger partial charge >= 0.3 is 0 Å². The molecule has 0 aromatic carbocycles. The topological polar surface area (TPSA) is 72.4 Å². The van der Waals surface area contributed by atoms with Crippen LogP contribution in [0.3, 0.4) is 0 Å². The van der Waals surface area contributed by atoms with Crippen LogP contribution in [0.15, 0.2) is 22.5 Å². The highest BCUT2D eigenvalue weighted by molar-refractivity contribution is 7.09. The molecule has 1 aromatic heterocycles. The summed E-state index contributed by atoms with van der Waals surface area (Å²) >= 11 is 1.84. The molecule has 7 nitrogen and oxygen atoms in total. The first kappa shape index (κ1) is 23.5. The SMILES string of the molecule is CCNC(=NCC(C)(O)CN1CCOCC1)NCC1CCCN(Cc2cccs2)C1. The zero-order valence-corrected chi connectivity index (χ0v) is 19.4. The molecule has 2 saturated heterocycles. The van der Waals surface area contributed by atoms with E-state index in [4.69, 9.17) is 4.74 Å². The first-order valence-corrected chi connectivity index (χ1v) is 12.2. The van der Waals surface area contributed by atoms with E-state index in [9.17, 15) is 5.11 Å². The number of hydrogen-bond acceptors (Lipinski definition) is 6. The number of morpholine rings is 1. The van der Waals surface area contributed by atoms with E-state index < -0.39 is 5.60 Å². The molecule has 170 valence electrons. The van der Waals surface area contributed by atoms with Crippen LogP contribution < -0.4 is 10.6 Å². The number of thiophene rings is 1. The largest absolute Gasteiger partial charge is 0.387 e. The summed E-state index contributed by atoms with van der Waals surface area (Å²) in [5, 5.41) is 19.8. The number of β-amino-alcohol motifs (C(OH)–C–C–N with tert-alkyl or cyclic N) is 1. The van der Waals surface area contributed by atoms with E-state index in [1.165, 1.54) is 24.3 Å². The minimum Gasteiger partial charge on any atom is -0.387 e. The Morgan fingerprint density at radius 1 is 1.30 bits per heavy atom. The molecule has 0 radical (unpaired) electrons. The lowest BCUT2D eigenvalue weighted by molar-refractivity contribution is -0.0180. The molecule has 3 N–H and O–H groups in total. The smallest absolute Gasteiger partial charge is 0.191 e. The van der Waals surface area contributed by atoms with E-state index >= 15 is 0 Å². The van der Waals surface area contributed by atoms with Crippen LogP contribution in [0.1, 0.15) is 31.6 Å². The average Bonchev–Trinajstić information content (AvgIpc) is 3.24. The Bertz CT molecular complexity index is 631. The van der Waals surface area contributed by atoms with Crippen LogP contribution in [0.2, 0.25) is 0 Å². The van der Waals surface area contributed by atoms with Crippen LogP contribution in [-0.4, -0.2) is 92.0 Å². The summed E-state index contributed by atoms with van der Waals surface area (Å²) in [7, 11) is 0. The molecule has 0 amide bonds. The molecule has 0 saturated carbocycles. The molecule has 30 heavy (non-hydrogen) atoms. The van der Waals surface area contributed by atoms with Gasteiger partial charge in [0.1, 0.15) is 0 Å². The minimum atomic E-state index is -0.845. The standard InChI is InChI=1S/C22H39N5O2S/c1-3-23-21(25-17-22(2,28)18-26-9-11-29-12-10-26)24-14-19-6-4-8-27(15-19)16-20-7-5-13-30-20/h5,7,13,19,28H,3-4,6,8-12,14-18H2,1-2H3,(H2,23,24,25). The Hall–Kier alpha value is -1.19. The molecule has 3 rings (SSSR count). The Morgan fingerprint density at radius 2 is 2.13 bits per heavy atom. The second kappa shape index (κ2) is 12.0. The van der Waals surface area contributed by atoms with Crippen molar-refractivity contribution in [2.24, 2.45) is 10.9 Å². The summed E-state index contributed by atoms with van der Waals surface area (Å²) in [5.74, 6) is 1.42. The van der Waals surface area contributed by atoms with Crippen LogP contribution in [0, 0.1) is 5.92 Å². The molecule has 2 aliphatic rings. The van der Waals surface area contributed by atoms with E-state index in [0.29, 0.717) is 19.0 Å². The molecule has 0 spiro atoms. The summed E-state index contributed by atoms with van der Waals surface area (Å²) in [5.41, 5.74) is -0.845. The van der Waals surface area contributed by atoms with Gasteiger partial charge in [-0.25, -0.2) is 0 Å². The third-order valence-electron chi connectivity index (χ3n) is 5.71. The van der Waals surface area contributed by atoms with Crippen molar-refractivity contribution in [1.82, 2.24) is 20.4 Å². The number of aliphatic imine (C=N–C) groups is 1. The zero-order chi connectivity index (χ0) is 21.2. The Kier molecular flexibility index (Phi) is 9.39. The van der Waals surface area contributed by atoms with E-state index in [2.05, 4.69) is 49.9 Å². The zero-order valence-electron chi connectivity index (χ0n) is 18.6. The van der Waals surface area contributed by atoms with Crippen molar-refractivity contribution >= 4 is 17.3 Å². The number of ether oxygens (including phenoxy) is 1. The maximum Gasteiger partial charge on any atom is 0.191 e. The van der Waals surface area contributed by atoms with Crippen LogP contribution in [0.25, 0.3) is 0 Å². The third kappa shape index (κ3) is 8.15. The highest BCUT2D eigenvalue weighted by atomic mass is 32.1. The minimum absolute atomic E-state index is 0.384. The fourth-order valence-corrected chi connectivity index (χ4v) is 4.95. The highest BCUT2D eigenvalue weighted by Crippen LogP contribution is 2.20. The number of likely N-dealkylation sites (tertiary alicyclic amines) is 1. The fraction of sp³-hybridized carbons (Fsp3) is 0.773. The van der Waals surface area contributed by atoms with Crippen LogP contribution in [-0.2, 0) is 11.3 Å². The molecular weight excluding hydrogens is 398 g/mol. The number of hydrogen-bond donors (Lipinski definition) is 3. The van der Waals surface area contributed by atoms with Crippen LogP contribution in [0.5, 0.6) is 0 Å². The van der Waals surface area contributed by atoms with Crippen molar-refractivity contribution in [1.29, 1.82) is 0 Å². The molecule has 3 heterocycles. The molecule has 2 atom stereocenters. The van der Waals surface area contributed by atoms with E-state index in [1.54, 1.807) is 0 Å². The van der Waals surface area contributed by atoms with Crippen molar-refractivity contribution in [2.45, 2.75) is 38.8 Å².